The predicted octanol–water partition coefficient (Wildman–Crippen LogP) is 10.9. The molecule has 0 saturated carbocycles. The Morgan fingerprint density at radius 2 is 1.22 bits per heavy atom. The van der Waals surface area contributed by atoms with Crippen LogP contribution in [0, 0.1) is 0 Å². The van der Waals surface area contributed by atoms with Crippen LogP contribution in [0.3, 0.4) is 0 Å². The van der Waals surface area contributed by atoms with E-state index in [2.05, 4.69) is 13.8 Å². The maximum atomic E-state index is 12.7. The molecule has 0 N–H and O–H groups in total. The third-order valence-corrected chi connectivity index (χ3v) is 9.67. The Bertz CT molecular complexity index is 563. The summed E-state index contributed by atoms with van der Waals surface area (Å²) in [7, 11) is -3.99. The minimum atomic E-state index is -3.99. The number of carbonyl (C=O) groups is 1. The lowest BCUT2D eigenvalue weighted by atomic mass is 10.1. The largest absolute Gasteiger partial charge is 0.452 e. The summed E-state index contributed by atoms with van der Waals surface area (Å²) >= 11 is 1.91. The fourth-order valence-electron chi connectivity index (χ4n) is 4.15. The molecule has 37 heavy (non-hydrogen) atoms. The van der Waals surface area contributed by atoms with Crippen LogP contribution in [0.25, 0.3) is 0 Å². The van der Waals surface area contributed by atoms with Crippen LogP contribution >= 0.6 is 19.4 Å². The summed E-state index contributed by atoms with van der Waals surface area (Å²) in [6.45, 7) is 10.2. The van der Waals surface area contributed by atoms with Crippen molar-refractivity contribution in [3.63, 3.8) is 0 Å². The van der Waals surface area contributed by atoms with Gasteiger partial charge in [0.15, 0.2) is 0 Å². The number of rotatable bonds is 28. The Morgan fingerprint density at radius 3 is 1.73 bits per heavy atom. The van der Waals surface area contributed by atoms with E-state index in [-0.39, 0.29) is 24.6 Å². The molecule has 0 radical (unpaired) electrons. The zero-order chi connectivity index (χ0) is 27.6. The second-order valence-corrected chi connectivity index (χ2v) is 13.3. The van der Waals surface area contributed by atoms with Crippen LogP contribution in [0.4, 0.5) is 4.79 Å². The average Bonchev–Trinajstić information content (AvgIpc) is 2.89. The van der Waals surface area contributed by atoms with Gasteiger partial charge in [0.1, 0.15) is 6.10 Å². The Kier molecular flexibility index (Phi) is 26.1. The van der Waals surface area contributed by atoms with Crippen molar-refractivity contribution in [2.24, 2.45) is 0 Å². The minimum absolute atomic E-state index is 0.0982. The molecule has 0 aliphatic carbocycles. The van der Waals surface area contributed by atoms with Crippen molar-refractivity contribution in [3.8, 4) is 0 Å². The highest BCUT2D eigenvalue weighted by molar-refractivity contribution is 7.99. The van der Waals surface area contributed by atoms with Gasteiger partial charge in [0.2, 0.25) is 0 Å². The summed E-state index contributed by atoms with van der Waals surface area (Å²) < 4.78 is 23.1. The average molecular weight is 567 g/mol. The Labute approximate surface area is 233 Å². The van der Waals surface area contributed by atoms with Crippen LogP contribution < -0.4 is 0 Å². The molecule has 0 saturated heterocycles. The molecule has 3 atom stereocenters. The van der Waals surface area contributed by atoms with Gasteiger partial charge < -0.3 is 9.05 Å². The molecule has 6 nitrogen and oxygen atoms in total. The van der Waals surface area contributed by atoms with Crippen LogP contribution in [-0.2, 0) is 23.4 Å². The molecule has 0 aliphatic rings. The molecule has 0 amide bonds. The zero-order valence-electron chi connectivity index (χ0n) is 24.8. The maximum absolute atomic E-state index is 12.7. The smallest absolute Gasteiger partial charge is 0.301 e. The lowest BCUT2D eigenvalue weighted by Gasteiger charge is -2.23. The van der Waals surface area contributed by atoms with Crippen molar-refractivity contribution in [1.29, 1.82) is 0 Å². The zero-order valence-corrected chi connectivity index (χ0v) is 26.5. The maximum Gasteiger partial charge on any atom is 0.452 e. The summed E-state index contributed by atoms with van der Waals surface area (Å²) in [5.41, 5.74) is -1.06. The number of hydrogen-bond donors (Lipinski definition) is 0. The predicted molar refractivity (Wildman–Crippen MR) is 159 cm³/mol. The summed E-state index contributed by atoms with van der Waals surface area (Å²) in [4.78, 5) is 22.9. The van der Waals surface area contributed by atoms with Gasteiger partial charge >= 0.3 is 13.3 Å². The Balaban J connectivity index is 4.51. The van der Waals surface area contributed by atoms with Gasteiger partial charge in [0.05, 0.1) is 13.2 Å². The third kappa shape index (κ3) is 20.5. The molecule has 0 heterocycles. The highest BCUT2D eigenvalue weighted by Gasteiger charge is 2.38. The van der Waals surface area contributed by atoms with Gasteiger partial charge in [-0.15, -0.1) is 0 Å². The number of unbranched alkanes of at least 4 members (excludes halogenated alkanes) is 14. The van der Waals surface area contributed by atoms with Crippen molar-refractivity contribution < 1.29 is 28.2 Å². The lowest BCUT2D eigenvalue weighted by Crippen LogP contribution is -2.25. The van der Waals surface area contributed by atoms with E-state index < -0.39 is 13.3 Å². The van der Waals surface area contributed by atoms with Crippen molar-refractivity contribution in [3.05, 3.63) is 0 Å². The molecule has 0 rings (SSSR count). The monoisotopic (exact) mass is 566 g/mol. The molecule has 3 unspecified atom stereocenters. The first-order valence-electron chi connectivity index (χ1n) is 15.3. The second kappa shape index (κ2) is 26.2. The van der Waals surface area contributed by atoms with Crippen LogP contribution in [0.15, 0.2) is 0 Å². The molecule has 0 bridgehead atoms. The molecular weight excluding hydrogens is 507 g/mol. The quantitative estimate of drug-likeness (QED) is 0.0403. The first-order valence-corrected chi connectivity index (χ1v) is 17.9. The van der Waals surface area contributed by atoms with Gasteiger partial charge in [0, 0.05) is 5.25 Å². The summed E-state index contributed by atoms with van der Waals surface area (Å²) in [6.07, 6.45) is 22.1. The molecular formula is C29H59O6PS. The number of thioether (sulfide) groups is 1. The second-order valence-electron chi connectivity index (χ2n) is 10.0. The Hall–Kier alpha value is -0.0700. The van der Waals surface area contributed by atoms with E-state index in [4.69, 9.17) is 18.8 Å². The molecule has 0 aliphatic heterocycles. The lowest BCUT2D eigenvalue weighted by molar-refractivity contribution is -0.262. The van der Waals surface area contributed by atoms with Gasteiger partial charge in [-0.05, 0) is 38.9 Å². The number of hydrogen-bond acceptors (Lipinski definition) is 7. The van der Waals surface area contributed by atoms with E-state index in [0.717, 1.165) is 18.6 Å². The standard InChI is InChI=1S/C29H59O6PS/c1-6-10-12-14-16-17-18-19-21-23-26-37-28(24-22-20-15-13-11-7-2)27(5)34-35-29(30)36(31,32-9-4)33-25-8-3/h27-28H,6-26H2,1-5H3. The van der Waals surface area contributed by atoms with Crippen LogP contribution in [-0.4, -0.2) is 36.0 Å². The van der Waals surface area contributed by atoms with Crippen LogP contribution in [0.1, 0.15) is 150 Å². The third-order valence-electron chi connectivity index (χ3n) is 6.45. The molecule has 8 heteroatoms. The van der Waals surface area contributed by atoms with Crippen LogP contribution in [0.5, 0.6) is 0 Å². The SMILES string of the molecule is CCCCCCCCCCCCSC(CCCCCCCC)C(C)OOC(=O)P(=O)(OCC)OCCC. The van der Waals surface area contributed by atoms with Gasteiger partial charge in [-0.25, -0.2) is 9.36 Å². The van der Waals surface area contributed by atoms with E-state index in [1.807, 2.05) is 25.6 Å². The van der Waals surface area contributed by atoms with Gasteiger partial charge in [-0.1, -0.05) is 117 Å². The van der Waals surface area contributed by atoms with Crippen molar-refractivity contribution in [1.82, 2.24) is 0 Å². The molecule has 0 spiro atoms. The van der Waals surface area contributed by atoms with E-state index in [1.54, 1.807) is 6.92 Å². The van der Waals surface area contributed by atoms with E-state index in [1.165, 1.54) is 96.3 Å². The fraction of sp³-hybridized carbons (Fsp3) is 0.966. The van der Waals surface area contributed by atoms with Crippen molar-refractivity contribution in [2.45, 2.75) is 162 Å². The van der Waals surface area contributed by atoms with Crippen molar-refractivity contribution in [2.75, 3.05) is 19.0 Å². The van der Waals surface area contributed by atoms with Crippen molar-refractivity contribution >= 4 is 25.1 Å². The number of carbonyl (C=O) groups excluding carboxylic acids is 1. The Morgan fingerprint density at radius 1 is 0.703 bits per heavy atom. The summed E-state index contributed by atoms with van der Waals surface area (Å²) in [5, 5.41) is 0.223. The summed E-state index contributed by atoms with van der Waals surface area (Å²) in [5.74, 6) is 1.08. The first kappa shape index (κ1) is 36.9. The highest BCUT2D eigenvalue weighted by atomic mass is 32.2. The molecule has 222 valence electrons. The normalized spacial score (nSPS) is 14.8. The van der Waals surface area contributed by atoms with Crippen LogP contribution in [0.2, 0.25) is 0 Å². The van der Waals surface area contributed by atoms with E-state index in [0.29, 0.717) is 6.42 Å². The molecule has 0 fully saturated rings. The summed E-state index contributed by atoms with van der Waals surface area (Å²) in [6, 6.07) is 0. The topological polar surface area (TPSA) is 71.1 Å². The van der Waals surface area contributed by atoms with Gasteiger partial charge in [-0.3, -0.25) is 4.89 Å². The van der Waals surface area contributed by atoms with Gasteiger partial charge in [-0.2, -0.15) is 16.6 Å². The van der Waals surface area contributed by atoms with E-state index >= 15 is 0 Å². The van der Waals surface area contributed by atoms with E-state index in [9.17, 15) is 9.36 Å². The van der Waals surface area contributed by atoms with Gasteiger partial charge in [0.25, 0.3) is 0 Å². The molecule has 0 aromatic carbocycles. The fourth-order valence-corrected chi connectivity index (χ4v) is 6.66. The minimum Gasteiger partial charge on any atom is -0.301 e. The highest BCUT2D eigenvalue weighted by Crippen LogP contribution is 2.50. The first-order chi connectivity index (χ1) is 17.9. The molecule has 0 aromatic rings. The molecule has 0 aromatic heterocycles.